The van der Waals surface area contributed by atoms with Crippen LogP contribution in [0.5, 0.6) is 11.5 Å². The number of alkyl carbamates (subject to hydrolysis) is 1. The van der Waals surface area contributed by atoms with Crippen LogP contribution in [0.3, 0.4) is 0 Å². The van der Waals surface area contributed by atoms with Crippen molar-refractivity contribution in [3.05, 3.63) is 35.8 Å². The predicted molar refractivity (Wildman–Crippen MR) is 152 cm³/mol. The summed E-state index contributed by atoms with van der Waals surface area (Å²) in [5.41, 5.74) is 3.47. The zero-order valence-electron chi connectivity index (χ0n) is 23.9. The normalized spacial score (nSPS) is 19.2. The first kappa shape index (κ1) is 27.7. The van der Waals surface area contributed by atoms with Crippen molar-refractivity contribution in [1.29, 1.82) is 0 Å². The van der Waals surface area contributed by atoms with E-state index in [0.29, 0.717) is 46.3 Å². The molecule has 0 saturated heterocycles. The maximum absolute atomic E-state index is 13.5. The Hall–Kier alpha value is -3.82. The molecule has 2 aliphatic carbocycles. The summed E-state index contributed by atoms with van der Waals surface area (Å²) in [6.07, 6.45) is 6.53. The van der Waals surface area contributed by atoms with Crippen molar-refractivity contribution in [3.63, 3.8) is 0 Å². The monoisotopic (exact) mass is 549 g/mol. The highest BCUT2D eigenvalue weighted by Crippen LogP contribution is 2.38. The molecule has 2 saturated carbocycles. The minimum absolute atomic E-state index is 0.0128. The second-order valence-electron chi connectivity index (χ2n) is 11.9. The van der Waals surface area contributed by atoms with E-state index in [1.807, 2.05) is 45.9 Å². The van der Waals surface area contributed by atoms with Gasteiger partial charge in [-0.2, -0.15) is 0 Å². The maximum Gasteiger partial charge on any atom is 0.407 e. The van der Waals surface area contributed by atoms with Crippen molar-refractivity contribution in [2.45, 2.75) is 83.9 Å². The molecule has 0 spiro atoms. The zero-order chi connectivity index (χ0) is 28.4. The number of carbonyl (C=O) groups excluding carboxylic acids is 2. The number of hydrogen-bond acceptors (Lipinski definition) is 7. The fourth-order valence-corrected chi connectivity index (χ4v) is 5.15. The number of carbonyl (C=O) groups is 2. The highest BCUT2D eigenvalue weighted by molar-refractivity contribution is 6.09. The third-order valence-corrected chi connectivity index (χ3v) is 7.40. The number of ether oxygens (including phenoxy) is 3. The summed E-state index contributed by atoms with van der Waals surface area (Å²) in [6.45, 7) is 8.07. The van der Waals surface area contributed by atoms with Crippen molar-refractivity contribution in [2.24, 2.45) is 5.92 Å². The Labute approximate surface area is 234 Å². The maximum atomic E-state index is 13.5. The summed E-state index contributed by atoms with van der Waals surface area (Å²) in [6, 6.07) is 5.74. The van der Waals surface area contributed by atoms with Gasteiger partial charge in [-0.25, -0.2) is 14.8 Å². The van der Waals surface area contributed by atoms with Gasteiger partial charge in [-0.3, -0.25) is 4.79 Å². The lowest BCUT2D eigenvalue weighted by molar-refractivity contribution is 0.0488. The molecule has 0 unspecified atom stereocenters. The van der Waals surface area contributed by atoms with Crippen LogP contribution >= 0.6 is 0 Å². The van der Waals surface area contributed by atoms with Gasteiger partial charge in [0.25, 0.3) is 5.91 Å². The summed E-state index contributed by atoms with van der Waals surface area (Å²) in [4.78, 5) is 38.0. The number of hydrogen-bond donors (Lipinski definition) is 3. The molecule has 10 heteroatoms. The molecule has 10 nitrogen and oxygen atoms in total. The molecule has 3 aromatic rings. The van der Waals surface area contributed by atoms with Gasteiger partial charge in [-0.1, -0.05) is 0 Å². The van der Waals surface area contributed by atoms with E-state index >= 15 is 0 Å². The lowest BCUT2D eigenvalue weighted by Crippen LogP contribution is -2.45. The Morgan fingerprint density at radius 3 is 2.38 bits per heavy atom. The van der Waals surface area contributed by atoms with E-state index in [4.69, 9.17) is 14.2 Å². The molecule has 0 aliphatic heterocycles. The van der Waals surface area contributed by atoms with Gasteiger partial charge in [0, 0.05) is 29.4 Å². The average Bonchev–Trinajstić information content (AvgIpc) is 3.67. The van der Waals surface area contributed by atoms with Gasteiger partial charge in [-0.05, 0) is 84.3 Å². The predicted octanol–water partition coefficient (Wildman–Crippen LogP) is 5.30. The van der Waals surface area contributed by atoms with Crippen LogP contribution in [0.15, 0.2) is 24.5 Å². The minimum Gasteiger partial charge on any atom is -0.497 e. The van der Waals surface area contributed by atoms with Crippen molar-refractivity contribution in [3.8, 4) is 22.8 Å². The molecule has 0 bridgehead atoms. The molecular formula is C30H39N5O5. The Morgan fingerprint density at radius 2 is 1.73 bits per heavy atom. The van der Waals surface area contributed by atoms with Gasteiger partial charge in [0.1, 0.15) is 34.6 Å². The molecule has 2 aromatic heterocycles. The Bertz CT molecular complexity index is 1380. The number of aromatic amines is 1. The number of nitrogens with one attached hydrogen (secondary N) is 3. The molecule has 5 rings (SSSR count). The fourth-order valence-electron chi connectivity index (χ4n) is 5.15. The number of nitrogens with zero attached hydrogens (tertiary/aromatic N) is 2. The second kappa shape index (κ2) is 11.3. The molecule has 1 aromatic carbocycles. The number of methoxy groups -OCH3 is 1. The first-order chi connectivity index (χ1) is 19.1. The molecule has 0 atom stereocenters. The number of rotatable bonds is 8. The van der Waals surface area contributed by atoms with Crippen LogP contribution in [0.1, 0.15) is 75.3 Å². The van der Waals surface area contributed by atoms with Crippen molar-refractivity contribution in [1.82, 2.24) is 25.6 Å². The number of H-pyrrole nitrogens is 1. The van der Waals surface area contributed by atoms with Gasteiger partial charge < -0.3 is 29.8 Å². The first-order valence-electron chi connectivity index (χ1n) is 14.1. The summed E-state index contributed by atoms with van der Waals surface area (Å²) in [5, 5.41) is 6.14. The van der Waals surface area contributed by atoms with E-state index in [1.54, 1.807) is 7.11 Å². The highest BCUT2D eigenvalue weighted by atomic mass is 16.6. The van der Waals surface area contributed by atoms with Crippen LogP contribution < -0.4 is 20.1 Å². The van der Waals surface area contributed by atoms with Crippen LogP contribution in [-0.2, 0) is 4.74 Å². The van der Waals surface area contributed by atoms with Crippen molar-refractivity contribution < 1.29 is 23.8 Å². The van der Waals surface area contributed by atoms with E-state index in [2.05, 4.69) is 25.6 Å². The van der Waals surface area contributed by atoms with Gasteiger partial charge >= 0.3 is 6.09 Å². The zero-order valence-corrected chi connectivity index (χ0v) is 23.9. The first-order valence-corrected chi connectivity index (χ1v) is 14.1. The molecule has 2 fully saturated rings. The topological polar surface area (TPSA) is 127 Å². The van der Waals surface area contributed by atoms with E-state index in [9.17, 15) is 9.59 Å². The number of fused-ring (bicyclic) bond motifs is 1. The third kappa shape index (κ3) is 6.48. The number of benzene rings is 1. The molecular weight excluding hydrogens is 510 g/mol. The SMILES string of the molecule is COc1ccc(-c2ncnc3c(C(=O)NC4CCC(NC(=O)OC(C)(C)C)CC4)c(C)[nH]c23)c(OCC2CC2)c1. The van der Waals surface area contributed by atoms with E-state index in [1.165, 1.54) is 19.2 Å². The standard InChI is InChI=1S/C30H39N5O5/c1-17-24(28(36)34-19-8-10-20(11-9-19)35-29(37)40-30(2,3)4)26-27(33-17)25(31-16-32-26)22-13-12-21(38-5)14-23(22)39-15-18-6-7-18/h12-14,16,18-20,33H,6-11,15H2,1-5H3,(H,34,36)(H,35,37). The van der Waals surface area contributed by atoms with Gasteiger partial charge in [-0.15, -0.1) is 0 Å². The molecule has 2 heterocycles. The van der Waals surface area contributed by atoms with Gasteiger partial charge in [0.2, 0.25) is 0 Å². The van der Waals surface area contributed by atoms with Crippen LogP contribution in [0.4, 0.5) is 4.79 Å². The van der Waals surface area contributed by atoms with E-state index < -0.39 is 11.7 Å². The molecule has 2 amide bonds. The van der Waals surface area contributed by atoms with Crippen molar-refractivity contribution in [2.75, 3.05) is 13.7 Å². The Balaban J connectivity index is 1.30. The molecule has 40 heavy (non-hydrogen) atoms. The lowest BCUT2D eigenvalue weighted by atomic mass is 9.91. The molecule has 0 radical (unpaired) electrons. The number of amides is 2. The average molecular weight is 550 g/mol. The van der Waals surface area contributed by atoms with Crippen LogP contribution in [-0.4, -0.2) is 58.4 Å². The molecule has 2 aliphatic rings. The van der Waals surface area contributed by atoms with Gasteiger partial charge in [0.05, 0.1) is 24.8 Å². The quantitative estimate of drug-likeness (QED) is 0.348. The Kier molecular flexibility index (Phi) is 7.87. The molecule has 3 N–H and O–H groups in total. The lowest BCUT2D eigenvalue weighted by Gasteiger charge is -2.30. The summed E-state index contributed by atoms with van der Waals surface area (Å²) in [7, 11) is 1.63. The third-order valence-electron chi connectivity index (χ3n) is 7.40. The summed E-state index contributed by atoms with van der Waals surface area (Å²) in [5.74, 6) is 1.83. The fraction of sp³-hybridized carbons (Fsp3) is 0.533. The van der Waals surface area contributed by atoms with Crippen LogP contribution in [0.2, 0.25) is 0 Å². The summed E-state index contributed by atoms with van der Waals surface area (Å²) < 4.78 is 17.0. The summed E-state index contributed by atoms with van der Waals surface area (Å²) >= 11 is 0. The molecule has 214 valence electrons. The van der Waals surface area contributed by atoms with E-state index in [-0.39, 0.29) is 18.0 Å². The number of aromatic nitrogens is 3. The highest BCUT2D eigenvalue weighted by Gasteiger charge is 2.28. The van der Waals surface area contributed by atoms with Gasteiger partial charge in [0.15, 0.2) is 0 Å². The minimum atomic E-state index is -0.533. The smallest absolute Gasteiger partial charge is 0.407 e. The van der Waals surface area contributed by atoms with E-state index in [0.717, 1.165) is 36.9 Å². The number of aryl methyl sites for hydroxylation is 1. The second-order valence-corrected chi connectivity index (χ2v) is 11.9. The van der Waals surface area contributed by atoms with Crippen LogP contribution in [0, 0.1) is 12.8 Å². The van der Waals surface area contributed by atoms with Crippen molar-refractivity contribution >= 4 is 23.0 Å². The Morgan fingerprint density at radius 1 is 1.02 bits per heavy atom. The van der Waals surface area contributed by atoms with Crippen LogP contribution in [0.25, 0.3) is 22.3 Å². The largest absolute Gasteiger partial charge is 0.497 e.